The molecule has 0 aliphatic carbocycles. The predicted molar refractivity (Wildman–Crippen MR) is 91.9 cm³/mol. The largest absolute Gasteiger partial charge is 0.481 e. The average Bonchev–Trinajstić information content (AvgIpc) is 3.14. The maximum Gasteiger partial charge on any atom is 0.306 e. The van der Waals surface area contributed by atoms with E-state index in [1.807, 2.05) is 0 Å². The zero-order chi connectivity index (χ0) is 20.4. The molecule has 1 heterocycles. The third kappa shape index (κ3) is 6.10. The molecule has 0 saturated carbocycles. The van der Waals surface area contributed by atoms with Gasteiger partial charge in [-0.2, -0.15) is 0 Å². The molecule has 2 rings (SSSR count). The van der Waals surface area contributed by atoms with E-state index in [0.717, 1.165) is 0 Å². The number of hydrogen-bond acceptors (Lipinski definition) is 9. The van der Waals surface area contributed by atoms with Gasteiger partial charge in [0.15, 0.2) is 13.2 Å². The summed E-state index contributed by atoms with van der Waals surface area (Å²) >= 11 is 0. The number of hydrogen-bond donors (Lipinski definition) is 1. The standard InChI is InChI=1S/C17H16N2O8S/c20-14(21)9-6-10-15(22)25-11-4-5-12-26-16-17(19-27-18-16)28(23,24)13-7-2-1-3-8-13/h1-3,7-8H,6,9-12H2,(H,20,21). The van der Waals surface area contributed by atoms with Crippen molar-refractivity contribution >= 4 is 21.8 Å². The van der Waals surface area contributed by atoms with Gasteiger partial charge in [-0.1, -0.05) is 30.0 Å². The highest BCUT2D eigenvalue weighted by molar-refractivity contribution is 7.91. The molecular weight excluding hydrogens is 392 g/mol. The van der Waals surface area contributed by atoms with Gasteiger partial charge in [-0.05, 0) is 28.9 Å². The predicted octanol–water partition coefficient (Wildman–Crippen LogP) is 1.08. The summed E-state index contributed by atoms with van der Waals surface area (Å²) in [6, 6.07) is 7.60. The van der Waals surface area contributed by atoms with Gasteiger partial charge >= 0.3 is 11.9 Å². The van der Waals surface area contributed by atoms with Crippen LogP contribution in [0.3, 0.4) is 0 Å². The molecule has 0 saturated heterocycles. The molecule has 2 aromatic rings. The fourth-order valence-electron chi connectivity index (χ4n) is 1.92. The third-order valence-corrected chi connectivity index (χ3v) is 4.87. The number of carboxylic acid groups (broad SMARTS) is 1. The first-order valence-corrected chi connectivity index (χ1v) is 9.48. The zero-order valence-electron chi connectivity index (χ0n) is 14.5. The van der Waals surface area contributed by atoms with Crippen LogP contribution in [0.25, 0.3) is 0 Å². The average molecular weight is 408 g/mol. The van der Waals surface area contributed by atoms with Crippen LogP contribution in [0.5, 0.6) is 5.88 Å². The zero-order valence-corrected chi connectivity index (χ0v) is 15.3. The van der Waals surface area contributed by atoms with Crippen LogP contribution < -0.4 is 4.74 Å². The first-order chi connectivity index (χ1) is 13.4. The van der Waals surface area contributed by atoms with Gasteiger partial charge in [0.2, 0.25) is 9.84 Å². The molecule has 0 unspecified atom stereocenters. The number of aromatic nitrogens is 2. The summed E-state index contributed by atoms with van der Waals surface area (Å²) in [4.78, 5) is 21.7. The second kappa shape index (κ2) is 10.1. The fourth-order valence-corrected chi connectivity index (χ4v) is 3.11. The Balaban J connectivity index is 1.83. The van der Waals surface area contributed by atoms with E-state index in [9.17, 15) is 18.0 Å². The van der Waals surface area contributed by atoms with Crippen LogP contribution in [-0.4, -0.2) is 49.0 Å². The number of ether oxygens (including phenoxy) is 2. The quantitative estimate of drug-likeness (QED) is 0.472. The summed E-state index contributed by atoms with van der Waals surface area (Å²) in [6.07, 6.45) is 0.0485. The van der Waals surface area contributed by atoms with E-state index < -0.39 is 26.8 Å². The third-order valence-electron chi connectivity index (χ3n) is 3.22. The lowest BCUT2D eigenvalue weighted by Gasteiger charge is -2.02. The first-order valence-electron chi connectivity index (χ1n) is 8.00. The van der Waals surface area contributed by atoms with Gasteiger partial charge in [0, 0.05) is 12.8 Å². The van der Waals surface area contributed by atoms with E-state index in [4.69, 9.17) is 14.6 Å². The monoisotopic (exact) mass is 408 g/mol. The number of sulfone groups is 1. The Morgan fingerprint density at radius 2 is 1.79 bits per heavy atom. The van der Waals surface area contributed by atoms with Gasteiger partial charge in [0.25, 0.3) is 10.9 Å². The molecule has 11 heteroatoms. The van der Waals surface area contributed by atoms with Crippen molar-refractivity contribution in [3.8, 4) is 17.7 Å². The van der Waals surface area contributed by atoms with Crippen molar-refractivity contribution in [2.24, 2.45) is 0 Å². The molecule has 0 radical (unpaired) electrons. The Hall–Kier alpha value is -3.39. The molecular formula is C17H16N2O8S. The summed E-state index contributed by atoms with van der Waals surface area (Å²) in [5.74, 6) is 3.15. The molecule has 1 aromatic carbocycles. The Bertz CT molecular complexity index is 973. The highest BCUT2D eigenvalue weighted by atomic mass is 32.2. The molecule has 0 bridgehead atoms. The fraction of sp³-hybridized carbons (Fsp3) is 0.294. The second-order valence-electron chi connectivity index (χ2n) is 5.24. The lowest BCUT2D eigenvalue weighted by Crippen LogP contribution is -2.07. The van der Waals surface area contributed by atoms with E-state index in [1.54, 1.807) is 18.2 Å². The summed E-state index contributed by atoms with van der Waals surface area (Å²) in [5.41, 5.74) is 0. The maximum absolute atomic E-state index is 12.5. The highest BCUT2D eigenvalue weighted by Crippen LogP contribution is 2.25. The molecule has 1 aromatic heterocycles. The van der Waals surface area contributed by atoms with E-state index in [-0.39, 0.29) is 43.3 Å². The van der Waals surface area contributed by atoms with E-state index in [1.165, 1.54) is 12.1 Å². The Morgan fingerprint density at radius 1 is 1.07 bits per heavy atom. The van der Waals surface area contributed by atoms with Crippen LogP contribution in [0.4, 0.5) is 0 Å². The smallest absolute Gasteiger partial charge is 0.306 e. The van der Waals surface area contributed by atoms with Crippen molar-refractivity contribution in [2.75, 3.05) is 13.2 Å². The molecule has 0 spiro atoms. The van der Waals surface area contributed by atoms with Gasteiger partial charge in [-0.15, -0.1) is 0 Å². The molecule has 0 amide bonds. The minimum Gasteiger partial charge on any atom is -0.481 e. The van der Waals surface area contributed by atoms with Gasteiger partial charge in [-0.25, -0.2) is 13.0 Å². The van der Waals surface area contributed by atoms with Gasteiger partial charge in [0.05, 0.1) is 4.90 Å². The van der Waals surface area contributed by atoms with Gasteiger partial charge in [0.1, 0.15) is 0 Å². The van der Waals surface area contributed by atoms with Crippen molar-refractivity contribution < 1.29 is 37.2 Å². The summed E-state index contributed by atoms with van der Waals surface area (Å²) in [7, 11) is -3.95. The number of rotatable bonds is 9. The van der Waals surface area contributed by atoms with E-state index >= 15 is 0 Å². The second-order valence-corrected chi connectivity index (χ2v) is 7.11. The first kappa shape index (κ1) is 20.9. The van der Waals surface area contributed by atoms with Crippen molar-refractivity contribution in [1.29, 1.82) is 0 Å². The summed E-state index contributed by atoms with van der Waals surface area (Å²) in [6.45, 7) is -0.441. The molecule has 28 heavy (non-hydrogen) atoms. The summed E-state index contributed by atoms with van der Waals surface area (Å²) in [5, 5.41) is 14.8. The van der Waals surface area contributed by atoms with Gasteiger partial charge in [-0.3, -0.25) is 9.59 Å². The van der Waals surface area contributed by atoms with E-state index in [0.29, 0.717) is 0 Å². The Kier molecular flexibility index (Phi) is 7.53. The molecule has 0 atom stereocenters. The van der Waals surface area contributed by atoms with Crippen LogP contribution in [-0.2, 0) is 24.2 Å². The van der Waals surface area contributed by atoms with Gasteiger partial charge < -0.3 is 14.6 Å². The topological polar surface area (TPSA) is 146 Å². The number of nitrogens with zero attached hydrogens (tertiary/aromatic N) is 2. The van der Waals surface area contributed by atoms with Crippen LogP contribution in [0, 0.1) is 11.8 Å². The van der Waals surface area contributed by atoms with Crippen molar-refractivity contribution in [2.45, 2.75) is 29.2 Å². The van der Waals surface area contributed by atoms with Crippen molar-refractivity contribution in [3.63, 3.8) is 0 Å². The molecule has 0 aliphatic heterocycles. The SMILES string of the molecule is O=C(O)CCCC(=O)OCC#CCOc1nonc1S(=O)(=O)c1ccccc1. The molecule has 10 nitrogen and oxygen atoms in total. The number of esters is 1. The molecule has 148 valence electrons. The molecule has 0 aliphatic rings. The van der Waals surface area contributed by atoms with Crippen LogP contribution in [0.15, 0.2) is 44.9 Å². The number of carboxylic acids is 1. The molecule has 1 N–H and O–H groups in total. The number of aliphatic carboxylic acids is 1. The van der Waals surface area contributed by atoms with Crippen LogP contribution >= 0.6 is 0 Å². The van der Waals surface area contributed by atoms with Crippen LogP contribution in [0.1, 0.15) is 19.3 Å². The highest BCUT2D eigenvalue weighted by Gasteiger charge is 2.28. The number of carbonyl (C=O) groups excluding carboxylic acids is 1. The lowest BCUT2D eigenvalue weighted by atomic mass is 10.2. The maximum atomic E-state index is 12.5. The Labute approximate surface area is 160 Å². The Morgan fingerprint density at radius 3 is 2.50 bits per heavy atom. The molecule has 0 fully saturated rings. The minimum atomic E-state index is -3.95. The normalized spacial score (nSPS) is 10.6. The minimum absolute atomic E-state index is 0.0106. The van der Waals surface area contributed by atoms with Crippen molar-refractivity contribution in [1.82, 2.24) is 10.3 Å². The number of carbonyl (C=O) groups is 2. The summed E-state index contributed by atoms with van der Waals surface area (Å²) < 4.78 is 39.4. The lowest BCUT2D eigenvalue weighted by molar-refractivity contribution is -0.142. The van der Waals surface area contributed by atoms with E-state index in [2.05, 4.69) is 26.8 Å². The van der Waals surface area contributed by atoms with Crippen molar-refractivity contribution in [3.05, 3.63) is 30.3 Å². The number of benzene rings is 1. The van der Waals surface area contributed by atoms with Crippen LogP contribution in [0.2, 0.25) is 0 Å².